The highest BCUT2D eigenvalue weighted by Gasteiger charge is 2.03. The second-order valence-electron chi connectivity index (χ2n) is 2.82. The second-order valence-corrected chi connectivity index (χ2v) is 3.65. The molecular weight excluding hydrogens is 188 g/mol. The lowest BCUT2D eigenvalue weighted by atomic mass is 10.4. The Bertz CT molecular complexity index is 259. The van der Waals surface area contributed by atoms with Gasteiger partial charge in [0.25, 0.3) is 0 Å². The molecule has 0 aliphatic heterocycles. The largest absolute Gasteiger partial charge is 0.352 e. The normalized spacial score (nSPS) is 10.1. The first-order valence-corrected chi connectivity index (χ1v) is 4.86. The molecule has 0 bridgehead atoms. The third-order valence-electron chi connectivity index (χ3n) is 1.21. The number of hydrogen-bond acceptors (Lipinski definition) is 5. The number of carbonyl (C=O) groups excluding carboxylic acids is 1. The van der Waals surface area contributed by atoms with E-state index in [0.717, 1.165) is 0 Å². The average molecular weight is 200 g/mol. The van der Waals surface area contributed by atoms with E-state index in [-0.39, 0.29) is 18.5 Å². The van der Waals surface area contributed by atoms with Crippen molar-refractivity contribution in [2.45, 2.75) is 19.9 Å². The van der Waals surface area contributed by atoms with Gasteiger partial charge in [0, 0.05) is 6.04 Å². The Kier molecular flexibility index (Phi) is 3.63. The fourth-order valence-corrected chi connectivity index (χ4v) is 1.22. The number of carbonyl (C=O) groups is 1. The van der Waals surface area contributed by atoms with Gasteiger partial charge in [0.15, 0.2) is 0 Å². The number of aromatic nitrogens is 2. The van der Waals surface area contributed by atoms with Crippen molar-refractivity contribution in [3.8, 4) is 0 Å². The second kappa shape index (κ2) is 4.76. The molecule has 1 amide bonds. The van der Waals surface area contributed by atoms with Crippen LogP contribution in [-0.2, 0) is 4.79 Å². The van der Waals surface area contributed by atoms with E-state index in [2.05, 4.69) is 20.8 Å². The van der Waals surface area contributed by atoms with Gasteiger partial charge in [-0.05, 0) is 13.8 Å². The zero-order valence-electron chi connectivity index (χ0n) is 7.57. The van der Waals surface area contributed by atoms with Crippen molar-refractivity contribution < 1.29 is 4.79 Å². The fourth-order valence-electron chi connectivity index (χ4n) is 0.779. The first-order chi connectivity index (χ1) is 6.18. The molecule has 0 aliphatic carbocycles. The molecule has 0 fully saturated rings. The summed E-state index contributed by atoms with van der Waals surface area (Å²) in [5.74, 6) is -0.0369. The Hall–Kier alpha value is -1.17. The van der Waals surface area contributed by atoms with E-state index in [1.165, 1.54) is 11.3 Å². The van der Waals surface area contributed by atoms with Gasteiger partial charge >= 0.3 is 0 Å². The zero-order valence-corrected chi connectivity index (χ0v) is 8.39. The number of nitrogens with one attached hydrogen (secondary N) is 2. The number of amides is 1. The van der Waals surface area contributed by atoms with E-state index < -0.39 is 0 Å². The fraction of sp³-hybridized carbons (Fsp3) is 0.571. The summed E-state index contributed by atoms with van der Waals surface area (Å²) < 4.78 is 0. The lowest BCUT2D eigenvalue weighted by Gasteiger charge is -2.07. The third kappa shape index (κ3) is 3.84. The Morgan fingerprint density at radius 3 is 3.00 bits per heavy atom. The van der Waals surface area contributed by atoms with Crippen LogP contribution in [0.5, 0.6) is 0 Å². The minimum Gasteiger partial charge on any atom is -0.352 e. The maximum atomic E-state index is 11.1. The summed E-state index contributed by atoms with van der Waals surface area (Å²) in [5, 5.41) is 13.7. The average Bonchev–Trinajstić information content (AvgIpc) is 2.51. The SMILES string of the molecule is CC(C)NC(=O)CNc1nncs1. The number of anilines is 1. The standard InChI is InChI=1S/C7H12N4OS/c1-5(2)10-6(12)3-8-7-11-9-4-13-7/h4-5H,3H2,1-2H3,(H,8,11)(H,10,12). The van der Waals surface area contributed by atoms with Gasteiger partial charge in [-0.2, -0.15) is 0 Å². The number of nitrogens with zero attached hydrogens (tertiary/aromatic N) is 2. The molecular formula is C7H12N4OS. The first-order valence-electron chi connectivity index (χ1n) is 3.98. The Morgan fingerprint density at radius 1 is 1.69 bits per heavy atom. The van der Waals surface area contributed by atoms with Crippen molar-refractivity contribution in [1.29, 1.82) is 0 Å². The van der Waals surface area contributed by atoms with Crippen molar-refractivity contribution in [3.05, 3.63) is 5.51 Å². The molecule has 72 valence electrons. The third-order valence-corrected chi connectivity index (χ3v) is 1.86. The van der Waals surface area contributed by atoms with Crippen molar-refractivity contribution in [2.75, 3.05) is 11.9 Å². The van der Waals surface area contributed by atoms with Crippen molar-refractivity contribution in [2.24, 2.45) is 0 Å². The molecule has 2 N–H and O–H groups in total. The Balaban J connectivity index is 2.23. The van der Waals surface area contributed by atoms with Gasteiger partial charge in [-0.1, -0.05) is 11.3 Å². The molecule has 1 aromatic rings. The van der Waals surface area contributed by atoms with Gasteiger partial charge < -0.3 is 10.6 Å². The number of hydrogen-bond donors (Lipinski definition) is 2. The highest BCUT2D eigenvalue weighted by Crippen LogP contribution is 2.06. The van der Waals surface area contributed by atoms with E-state index in [0.29, 0.717) is 5.13 Å². The highest BCUT2D eigenvalue weighted by atomic mass is 32.1. The summed E-state index contributed by atoms with van der Waals surface area (Å²) in [4.78, 5) is 11.1. The predicted octanol–water partition coefficient (Wildman–Crippen LogP) is 0.475. The van der Waals surface area contributed by atoms with E-state index in [4.69, 9.17) is 0 Å². The molecule has 1 heterocycles. The van der Waals surface area contributed by atoms with Gasteiger partial charge in [0.1, 0.15) is 5.51 Å². The summed E-state index contributed by atoms with van der Waals surface area (Å²) in [6.07, 6.45) is 0. The first kappa shape index (κ1) is 9.91. The smallest absolute Gasteiger partial charge is 0.239 e. The topological polar surface area (TPSA) is 66.9 Å². The monoisotopic (exact) mass is 200 g/mol. The van der Waals surface area contributed by atoms with Crippen LogP contribution in [0.4, 0.5) is 5.13 Å². The molecule has 0 unspecified atom stereocenters. The molecule has 0 saturated heterocycles. The van der Waals surface area contributed by atoms with Crippen LogP contribution in [0.2, 0.25) is 0 Å². The van der Waals surface area contributed by atoms with Gasteiger partial charge in [-0.15, -0.1) is 10.2 Å². The molecule has 0 radical (unpaired) electrons. The lowest BCUT2D eigenvalue weighted by Crippen LogP contribution is -2.34. The van der Waals surface area contributed by atoms with Crippen LogP contribution in [0.1, 0.15) is 13.8 Å². The molecule has 13 heavy (non-hydrogen) atoms. The van der Waals surface area contributed by atoms with Crippen molar-refractivity contribution in [1.82, 2.24) is 15.5 Å². The van der Waals surface area contributed by atoms with Gasteiger partial charge in [0.2, 0.25) is 11.0 Å². The van der Waals surface area contributed by atoms with E-state index in [9.17, 15) is 4.79 Å². The summed E-state index contributed by atoms with van der Waals surface area (Å²) in [6, 6.07) is 0.170. The molecule has 0 atom stereocenters. The molecule has 0 aliphatic rings. The maximum Gasteiger partial charge on any atom is 0.239 e. The quantitative estimate of drug-likeness (QED) is 0.741. The number of rotatable bonds is 4. The summed E-state index contributed by atoms with van der Waals surface area (Å²) in [5.41, 5.74) is 1.61. The van der Waals surface area contributed by atoms with Gasteiger partial charge in [-0.3, -0.25) is 4.79 Å². The predicted molar refractivity (Wildman–Crippen MR) is 51.7 cm³/mol. The van der Waals surface area contributed by atoms with Crippen molar-refractivity contribution in [3.63, 3.8) is 0 Å². The van der Waals surface area contributed by atoms with Gasteiger partial charge in [0.05, 0.1) is 6.54 Å². The van der Waals surface area contributed by atoms with Gasteiger partial charge in [-0.25, -0.2) is 0 Å². The van der Waals surface area contributed by atoms with Crippen LogP contribution in [0.3, 0.4) is 0 Å². The summed E-state index contributed by atoms with van der Waals surface area (Å²) in [7, 11) is 0. The van der Waals surface area contributed by atoms with Crippen LogP contribution < -0.4 is 10.6 Å². The lowest BCUT2D eigenvalue weighted by molar-refractivity contribution is -0.119. The minimum atomic E-state index is -0.0369. The van der Waals surface area contributed by atoms with Crippen LogP contribution in [0.15, 0.2) is 5.51 Å². The molecule has 6 heteroatoms. The Labute approximate surface area is 80.6 Å². The van der Waals surface area contributed by atoms with Crippen LogP contribution in [0, 0.1) is 0 Å². The van der Waals surface area contributed by atoms with E-state index >= 15 is 0 Å². The van der Waals surface area contributed by atoms with Crippen molar-refractivity contribution >= 4 is 22.4 Å². The molecule has 1 aromatic heterocycles. The molecule has 1 rings (SSSR count). The van der Waals surface area contributed by atoms with Crippen LogP contribution in [-0.4, -0.2) is 28.7 Å². The Morgan fingerprint density at radius 2 is 2.46 bits per heavy atom. The molecule has 0 saturated carbocycles. The van der Waals surface area contributed by atoms with E-state index in [1.807, 2.05) is 13.8 Å². The summed E-state index contributed by atoms with van der Waals surface area (Å²) in [6.45, 7) is 4.08. The summed E-state index contributed by atoms with van der Waals surface area (Å²) >= 11 is 1.37. The maximum absolute atomic E-state index is 11.1. The van der Waals surface area contributed by atoms with Crippen LogP contribution in [0.25, 0.3) is 0 Å². The zero-order chi connectivity index (χ0) is 9.68. The molecule has 0 spiro atoms. The molecule has 0 aromatic carbocycles. The van der Waals surface area contributed by atoms with Crippen LogP contribution >= 0.6 is 11.3 Å². The molecule has 5 nitrogen and oxygen atoms in total. The minimum absolute atomic E-state index is 0.0369. The van der Waals surface area contributed by atoms with E-state index in [1.54, 1.807) is 5.51 Å². The highest BCUT2D eigenvalue weighted by molar-refractivity contribution is 7.13.